The number of aliphatic hydroxyl groups is 2. The lowest BCUT2D eigenvalue weighted by Crippen LogP contribution is -2.66. The molecule has 0 heterocycles. The highest BCUT2D eigenvalue weighted by Crippen LogP contribution is 2.67. The first kappa shape index (κ1) is 24.8. The van der Waals surface area contributed by atoms with E-state index >= 15 is 0 Å². The third kappa shape index (κ3) is 4.13. The van der Waals surface area contributed by atoms with E-state index in [0.29, 0.717) is 37.7 Å². The van der Waals surface area contributed by atoms with Crippen LogP contribution in [0, 0.1) is 17.3 Å². The third-order valence-electron chi connectivity index (χ3n) is 7.65. The predicted octanol–water partition coefficient (Wildman–Crippen LogP) is 4.89. The van der Waals surface area contributed by atoms with E-state index in [-0.39, 0.29) is 11.8 Å². The van der Waals surface area contributed by atoms with Crippen molar-refractivity contribution in [3.8, 4) is 0 Å². The minimum atomic E-state index is -5.93. The predicted molar refractivity (Wildman–Crippen MR) is 98.8 cm³/mol. The van der Waals surface area contributed by atoms with Gasteiger partial charge in [-0.1, -0.05) is 6.58 Å². The van der Waals surface area contributed by atoms with Crippen molar-refractivity contribution >= 4 is 0 Å². The van der Waals surface area contributed by atoms with Crippen LogP contribution in [0.15, 0.2) is 12.2 Å². The van der Waals surface area contributed by atoms with Crippen LogP contribution in [0.1, 0.15) is 59.3 Å². The minimum absolute atomic E-state index is 0.172. The number of rotatable bonds is 7. The van der Waals surface area contributed by atoms with Gasteiger partial charge in [-0.15, -0.1) is 0 Å². The Morgan fingerprint density at radius 1 is 1.03 bits per heavy atom. The number of aliphatic hydroxyl groups excluding tert-OH is 1. The molecular weight excluding hydrogens is 430 g/mol. The zero-order chi connectivity index (χ0) is 23.7. The van der Waals surface area contributed by atoms with Crippen LogP contribution >= 0.6 is 0 Å². The molecule has 0 aromatic carbocycles. The summed E-state index contributed by atoms with van der Waals surface area (Å²) in [5.74, 6) is 0.344. The van der Waals surface area contributed by atoms with Crippen LogP contribution in [0.5, 0.6) is 0 Å². The van der Waals surface area contributed by atoms with Crippen molar-refractivity contribution in [3.63, 3.8) is 0 Å². The van der Waals surface area contributed by atoms with Gasteiger partial charge in [0.1, 0.15) is 0 Å². The van der Waals surface area contributed by atoms with Gasteiger partial charge in [-0.3, -0.25) is 0 Å². The maximum atomic E-state index is 13.1. The fourth-order valence-corrected chi connectivity index (χ4v) is 6.12. The van der Waals surface area contributed by atoms with Gasteiger partial charge >= 0.3 is 12.4 Å². The topological polar surface area (TPSA) is 58.9 Å². The minimum Gasteiger partial charge on any atom is -0.372 e. The molecule has 0 aromatic heterocycles. The SMILES string of the molecule is C=C(C)C(O)OC12CC3CC(C1)CC(C(C)(C)OCC(O)(C(F)(F)F)C(F)(F)F)(C3)C2. The molecule has 10 heteroatoms. The van der Waals surface area contributed by atoms with Crippen molar-refractivity contribution in [1.82, 2.24) is 0 Å². The fraction of sp³-hybridized carbons (Fsp3) is 0.905. The van der Waals surface area contributed by atoms with Crippen molar-refractivity contribution in [3.05, 3.63) is 12.2 Å². The van der Waals surface area contributed by atoms with E-state index < -0.39 is 47.5 Å². The standard InChI is InChI=1S/C21H30F6O4/c1-12(2)15(28)31-18-8-13-5-14(9-18)7-17(6-13,10-18)16(3,4)30-11-19(29,20(22,23)24)21(25,26)27/h13-15,28-29H,1,5-11H2,2-4H3. The summed E-state index contributed by atoms with van der Waals surface area (Å²) in [6.07, 6.45) is -9.30. The van der Waals surface area contributed by atoms with Gasteiger partial charge < -0.3 is 19.7 Å². The first-order chi connectivity index (χ1) is 13.9. The molecule has 4 aliphatic rings. The van der Waals surface area contributed by atoms with Crippen LogP contribution in [0.4, 0.5) is 26.3 Å². The second kappa shape index (κ2) is 7.33. The van der Waals surface area contributed by atoms with Gasteiger partial charge in [0.25, 0.3) is 5.60 Å². The van der Waals surface area contributed by atoms with Crippen LogP contribution in [0.2, 0.25) is 0 Å². The van der Waals surface area contributed by atoms with Crippen molar-refractivity contribution < 1.29 is 46.0 Å². The van der Waals surface area contributed by atoms with Gasteiger partial charge in [-0.2, -0.15) is 26.3 Å². The maximum Gasteiger partial charge on any atom is 0.428 e. The van der Waals surface area contributed by atoms with Gasteiger partial charge in [0.05, 0.1) is 17.8 Å². The summed E-state index contributed by atoms with van der Waals surface area (Å²) >= 11 is 0. The zero-order valence-electron chi connectivity index (χ0n) is 17.9. The summed E-state index contributed by atoms with van der Waals surface area (Å²) in [6, 6.07) is 0. The van der Waals surface area contributed by atoms with Gasteiger partial charge in [-0.25, -0.2) is 0 Å². The van der Waals surface area contributed by atoms with E-state index in [1.165, 1.54) is 13.8 Å². The Balaban J connectivity index is 1.86. The molecule has 0 radical (unpaired) electrons. The van der Waals surface area contributed by atoms with E-state index in [1.54, 1.807) is 6.92 Å². The summed E-state index contributed by atoms with van der Waals surface area (Å²) in [4.78, 5) is 0. The van der Waals surface area contributed by atoms with E-state index in [1.807, 2.05) is 0 Å². The Kier molecular flexibility index (Phi) is 5.86. The molecule has 4 rings (SSSR count). The molecule has 0 aliphatic heterocycles. The molecule has 0 aromatic rings. The van der Waals surface area contributed by atoms with Crippen molar-refractivity contribution in [1.29, 1.82) is 0 Å². The Hall–Kier alpha value is -0.840. The molecule has 0 amide bonds. The van der Waals surface area contributed by atoms with E-state index in [4.69, 9.17) is 9.47 Å². The van der Waals surface area contributed by atoms with E-state index in [9.17, 15) is 36.6 Å². The number of ether oxygens (including phenoxy) is 2. The second-order valence-electron chi connectivity index (χ2n) is 10.4. The Labute approximate surface area is 177 Å². The third-order valence-corrected chi connectivity index (χ3v) is 7.65. The molecule has 4 aliphatic carbocycles. The van der Waals surface area contributed by atoms with Crippen LogP contribution in [0.25, 0.3) is 0 Å². The first-order valence-corrected chi connectivity index (χ1v) is 10.4. The molecule has 4 saturated carbocycles. The molecule has 0 spiro atoms. The normalized spacial score (nSPS) is 34.8. The molecule has 3 atom stereocenters. The van der Waals surface area contributed by atoms with E-state index in [0.717, 1.165) is 6.42 Å². The molecule has 4 nitrogen and oxygen atoms in total. The van der Waals surface area contributed by atoms with Crippen molar-refractivity contribution in [2.45, 2.75) is 94.7 Å². The molecule has 180 valence electrons. The van der Waals surface area contributed by atoms with Crippen molar-refractivity contribution in [2.75, 3.05) is 6.61 Å². The second-order valence-corrected chi connectivity index (χ2v) is 10.4. The van der Waals surface area contributed by atoms with Gasteiger partial charge in [0, 0.05) is 5.41 Å². The van der Waals surface area contributed by atoms with Crippen LogP contribution in [-0.2, 0) is 9.47 Å². The summed E-state index contributed by atoms with van der Waals surface area (Å²) in [6.45, 7) is 6.32. The number of halogens is 6. The lowest BCUT2D eigenvalue weighted by molar-refractivity contribution is -0.387. The fourth-order valence-electron chi connectivity index (χ4n) is 6.12. The molecule has 4 bridgehead atoms. The molecular formula is C21H30F6O4. The van der Waals surface area contributed by atoms with Crippen LogP contribution in [0.3, 0.4) is 0 Å². The molecule has 31 heavy (non-hydrogen) atoms. The number of hydrogen-bond acceptors (Lipinski definition) is 4. The summed E-state index contributed by atoms with van der Waals surface area (Å²) in [5, 5.41) is 19.7. The van der Waals surface area contributed by atoms with Gasteiger partial charge in [0.15, 0.2) is 6.29 Å². The highest BCUT2D eigenvalue weighted by Gasteiger charge is 2.72. The average Bonchev–Trinajstić information content (AvgIpc) is 2.55. The van der Waals surface area contributed by atoms with Crippen molar-refractivity contribution in [2.24, 2.45) is 17.3 Å². The van der Waals surface area contributed by atoms with Gasteiger partial charge in [0.2, 0.25) is 0 Å². The van der Waals surface area contributed by atoms with Gasteiger partial charge in [-0.05, 0) is 76.7 Å². The van der Waals surface area contributed by atoms with Crippen LogP contribution in [-0.4, -0.2) is 52.3 Å². The lowest BCUT2D eigenvalue weighted by atomic mass is 9.44. The summed E-state index contributed by atoms with van der Waals surface area (Å²) in [5.41, 5.74) is -7.39. The zero-order valence-corrected chi connectivity index (χ0v) is 17.9. The summed E-state index contributed by atoms with van der Waals surface area (Å²) < 4.78 is 90.0. The Bertz CT molecular complexity index is 686. The lowest BCUT2D eigenvalue weighted by Gasteiger charge is -2.66. The average molecular weight is 460 g/mol. The number of alkyl halides is 6. The Morgan fingerprint density at radius 2 is 1.52 bits per heavy atom. The molecule has 0 saturated heterocycles. The maximum absolute atomic E-state index is 13.1. The molecule has 3 unspecified atom stereocenters. The molecule has 4 fully saturated rings. The quantitative estimate of drug-likeness (QED) is 0.323. The highest BCUT2D eigenvalue weighted by atomic mass is 19.4. The molecule has 2 N–H and O–H groups in total. The summed E-state index contributed by atoms with van der Waals surface area (Å²) in [7, 11) is 0. The van der Waals surface area contributed by atoms with E-state index in [2.05, 4.69) is 6.58 Å². The largest absolute Gasteiger partial charge is 0.428 e. The van der Waals surface area contributed by atoms with Crippen LogP contribution < -0.4 is 0 Å². The highest BCUT2D eigenvalue weighted by molar-refractivity contribution is 5.15. The first-order valence-electron chi connectivity index (χ1n) is 10.4. The monoisotopic (exact) mass is 460 g/mol. The smallest absolute Gasteiger partial charge is 0.372 e. The Morgan fingerprint density at radius 3 is 1.94 bits per heavy atom. The number of hydrogen-bond donors (Lipinski definition) is 2.